The lowest BCUT2D eigenvalue weighted by Gasteiger charge is -2.34. The van der Waals surface area contributed by atoms with Gasteiger partial charge in [-0.25, -0.2) is 4.98 Å². The van der Waals surface area contributed by atoms with Crippen molar-refractivity contribution in [1.29, 1.82) is 0 Å². The number of aromatic nitrogens is 4. The van der Waals surface area contributed by atoms with Crippen molar-refractivity contribution < 1.29 is 23.0 Å². The molecule has 364 valence electrons. The third-order valence-corrected chi connectivity index (χ3v) is 19.1. The van der Waals surface area contributed by atoms with E-state index in [1.54, 1.807) is 22.8 Å². The van der Waals surface area contributed by atoms with E-state index in [0.717, 1.165) is 53.9 Å². The zero-order chi connectivity index (χ0) is 59.9. The number of hydrogen-bond donors (Lipinski definition) is 0. The Kier molecular flexibility index (Phi) is 9.21. The first kappa shape index (κ1) is 36.5. The van der Waals surface area contributed by atoms with Crippen molar-refractivity contribution >= 4 is 61.7 Å². The van der Waals surface area contributed by atoms with Gasteiger partial charge in [-0.3, -0.25) is 13.7 Å². The van der Waals surface area contributed by atoms with Crippen LogP contribution in [0, 0.1) is 6.33 Å². The number of fused-ring (bicyclic) bond motifs is 4. The monoisotopic (exact) mass is 1000 g/mol. The fraction of sp³-hybridized carbons (Fsp3) is 0.0571. The molecule has 0 saturated carbocycles. The maximum absolute atomic E-state index is 9.40. The second-order valence-electron chi connectivity index (χ2n) is 19.8. The molecule has 0 fully saturated rings. The Balaban J connectivity index is 1.09. The van der Waals surface area contributed by atoms with Crippen molar-refractivity contribution in [3.8, 4) is 50.9 Å². The molecule has 0 bridgehead atoms. The topological polar surface area (TPSA) is 35.9 Å². The van der Waals surface area contributed by atoms with E-state index < -0.39 is 68.5 Å². The quantitative estimate of drug-likeness (QED) is 0.0560. The summed E-state index contributed by atoms with van der Waals surface area (Å²) in [5.41, 5.74) is 4.88. The van der Waals surface area contributed by atoms with Gasteiger partial charge in [0.05, 0.1) is 47.1 Å². The first-order chi connectivity index (χ1) is 41.5. The molecule has 0 aliphatic rings. The predicted octanol–water partition coefficient (Wildman–Crippen LogP) is 14.0. The zero-order valence-electron chi connectivity index (χ0n) is 51.9. The highest BCUT2D eigenvalue weighted by molar-refractivity contribution is 7.20. The van der Waals surface area contributed by atoms with Gasteiger partial charge in [-0.2, -0.15) is 0 Å². The largest absolute Gasteiger partial charge is 0.458 e. The highest BCUT2D eigenvalue weighted by atomic mass is 28.3. The smallest absolute Gasteiger partial charge is 0.269 e. The van der Waals surface area contributed by atoms with E-state index in [-0.39, 0.29) is 33.4 Å². The summed E-state index contributed by atoms with van der Waals surface area (Å²) < 4.78 is 103. The van der Waals surface area contributed by atoms with Crippen LogP contribution in [0.25, 0.3) is 72.3 Å². The van der Waals surface area contributed by atoms with Gasteiger partial charge in [-0.1, -0.05) is 233 Å². The second kappa shape index (κ2) is 19.2. The number of imidazole rings is 1. The second-order valence-corrected chi connectivity index (χ2v) is 23.6. The van der Waals surface area contributed by atoms with E-state index in [9.17, 15) is 5.48 Å². The van der Waals surface area contributed by atoms with Gasteiger partial charge in [0.25, 0.3) is 6.33 Å². The molecule has 0 amide bonds. The number of nitrogens with zero attached hydrogens (tertiary/aromatic N) is 4. The molecular weight excluding hydrogens is 941 g/mol. The third kappa shape index (κ3) is 8.11. The van der Waals surface area contributed by atoms with Crippen molar-refractivity contribution in [2.45, 2.75) is 26.2 Å². The van der Waals surface area contributed by atoms with Crippen LogP contribution >= 0.6 is 0 Å². The summed E-state index contributed by atoms with van der Waals surface area (Å²) in [4.78, 5) is 4.88. The SMILES string of the molecule is [2H]c1c([2H])c([2H])c(-c2cccc(-c3c([2H])c([2H])c([2H])c([2H])c3[2H])c2-[n+]2[c-]n(-c3cccc(Oc4ccc5c6ccccc6n(-c6cc(C(C)(C)C)ccn6)c5c4)c3)c3ccc([Si](c4ccccc4)(c4ccccc4)c4ccccc4)cc32)c([2H])c1[2H]. The lowest BCUT2D eigenvalue weighted by Crippen LogP contribution is -2.74. The first-order valence-electron chi connectivity index (χ1n) is 30.2. The van der Waals surface area contributed by atoms with Gasteiger partial charge in [0.2, 0.25) is 0 Å². The van der Waals surface area contributed by atoms with E-state index in [2.05, 4.69) is 111 Å². The lowest BCUT2D eigenvalue weighted by atomic mass is 9.88. The number of rotatable bonds is 11. The Morgan fingerprint density at radius 3 is 1.71 bits per heavy atom. The minimum atomic E-state index is -3.29. The first-order valence-corrected chi connectivity index (χ1v) is 27.2. The maximum Gasteiger partial charge on any atom is 0.269 e. The fourth-order valence-corrected chi connectivity index (χ4v) is 15.6. The minimum absolute atomic E-state index is 0.112. The number of benzene rings is 10. The molecule has 0 radical (unpaired) electrons. The summed E-state index contributed by atoms with van der Waals surface area (Å²) >= 11 is 0. The van der Waals surface area contributed by atoms with Crippen LogP contribution in [0.2, 0.25) is 0 Å². The predicted molar refractivity (Wildman–Crippen MR) is 315 cm³/mol. The molecule has 3 heterocycles. The maximum atomic E-state index is 9.40. The molecule has 0 N–H and O–H groups in total. The van der Waals surface area contributed by atoms with Crippen LogP contribution in [0.5, 0.6) is 11.5 Å². The molecule has 0 unspecified atom stereocenters. The van der Waals surface area contributed by atoms with Crippen molar-refractivity contribution in [1.82, 2.24) is 14.1 Å². The third-order valence-electron chi connectivity index (χ3n) is 14.3. The average molecular weight is 1010 g/mol. The van der Waals surface area contributed by atoms with E-state index in [1.807, 2.05) is 120 Å². The molecule has 0 aliphatic heterocycles. The standard InChI is InChI=1S/C70H54N4OSi/c1-70(2,3)52-43-44-71-68(45-52)74-64-38-20-19-35-62(64)63-41-39-55(47-66(63)74)75-54-28-21-27-53(46-54)72-49-73(69-60(50-23-9-4-10-24-50)36-22-37-61(69)51-25-11-5-12-26-51)67-48-59(40-42-65(67)72)76(56-29-13-6-14-30-56,57-31-15-7-16-32-57)58-33-17-8-18-34-58/h4-48H,1-3H3/i4D,5D,9D,10D,11D,12D,23D,24D,25D,26D. The molecule has 0 spiro atoms. The molecule has 76 heavy (non-hydrogen) atoms. The molecule has 5 nitrogen and oxygen atoms in total. The number of ether oxygens (including phenoxy) is 1. The normalized spacial score (nSPS) is 13.7. The fourth-order valence-electron chi connectivity index (χ4n) is 10.8. The van der Waals surface area contributed by atoms with Gasteiger partial charge in [0.1, 0.15) is 17.3 Å². The van der Waals surface area contributed by atoms with E-state index in [0.29, 0.717) is 28.2 Å². The Morgan fingerprint density at radius 1 is 0.500 bits per heavy atom. The molecule has 13 rings (SSSR count). The van der Waals surface area contributed by atoms with Crippen LogP contribution < -0.4 is 30.1 Å². The molecular formula is C70H54N4OSi. The average Bonchev–Trinajstić information content (AvgIpc) is 1.37. The Morgan fingerprint density at radius 2 is 1.08 bits per heavy atom. The van der Waals surface area contributed by atoms with E-state index in [4.69, 9.17) is 17.9 Å². The van der Waals surface area contributed by atoms with Gasteiger partial charge >= 0.3 is 0 Å². The van der Waals surface area contributed by atoms with Crippen LogP contribution in [0.15, 0.2) is 273 Å². The van der Waals surface area contributed by atoms with Crippen LogP contribution in [0.3, 0.4) is 0 Å². The highest BCUT2D eigenvalue weighted by Crippen LogP contribution is 2.38. The van der Waals surface area contributed by atoms with Crippen molar-refractivity contribution in [3.63, 3.8) is 0 Å². The Hall–Kier alpha value is -9.36. The van der Waals surface area contributed by atoms with E-state index >= 15 is 0 Å². The summed E-state index contributed by atoms with van der Waals surface area (Å²) in [6.07, 6.45) is 5.50. The Labute approximate surface area is 458 Å². The number of pyridine rings is 1. The molecule has 13 aromatic rings. The van der Waals surface area contributed by atoms with E-state index in [1.165, 1.54) is 0 Å². The molecule has 3 aromatic heterocycles. The highest BCUT2D eigenvalue weighted by Gasteiger charge is 2.41. The van der Waals surface area contributed by atoms with Crippen molar-refractivity contribution in [3.05, 3.63) is 285 Å². The number of hydrogen-bond acceptors (Lipinski definition) is 2. The minimum Gasteiger partial charge on any atom is -0.458 e. The van der Waals surface area contributed by atoms with Crippen LogP contribution in [0.4, 0.5) is 0 Å². The summed E-state index contributed by atoms with van der Waals surface area (Å²) in [7, 11) is -3.29. The van der Waals surface area contributed by atoms with Crippen molar-refractivity contribution in [2.75, 3.05) is 0 Å². The number of para-hydroxylation sites is 2. The molecule has 10 aromatic carbocycles. The lowest BCUT2D eigenvalue weighted by molar-refractivity contribution is -0.571. The molecule has 6 heteroatoms. The summed E-state index contributed by atoms with van der Waals surface area (Å²) in [5, 5.41) is 6.37. The van der Waals surface area contributed by atoms with Crippen LogP contribution in [0.1, 0.15) is 40.0 Å². The van der Waals surface area contributed by atoms with Gasteiger partial charge in [0.15, 0.2) is 8.07 Å². The zero-order valence-corrected chi connectivity index (χ0v) is 42.9. The van der Waals surface area contributed by atoms with Gasteiger partial charge in [-0.15, -0.1) is 0 Å². The Bertz CT molecular complexity index is 4610. The van der Waals surface area contributed by atoms with Gasteiger partial charge < -0.3 is 4.74 Å². The van der Waals surface area contributed by atoms with Crippen molar-refractivity contribution in [2.24, 2.45) is 0 Å². The summed E-state index contributed by atoms with van der Waals surface area (Å²) in [6, 6.07) is 63.2. The summed E-state index contributed by atoms with van der Waals surface area (Å²) in [5.74, 6) is 1.86. The molecule has 0 atom stereocenters. The van der Waals surface area contributed by atoms with Gasteiger partial charge in [0, 0.05) is 23.0 Å². The summed E-state index contributed by atoms with van der Waals surface area (Å²) in [6.45, 7) is 6.56. The molecule has 0 aliphatic carbocycles. The van der Waals surface area contributed by atoms with Crippen LogP contribution in [-0.4, -0.2) is 22.2 Å². The van der Waals surface area contributed by atoms with Crippen LogP contribution in [-0.2, 0) is 5.41 Å². The molecule has 0 saturated heterocycles. The van der Waals surface area contributed by atoms with Gasteiger partial charge in [-0.05, 0) is 103 Å².